The Morgan fingerprint density at radius 3 is 1.89 bits per heavy atom. The van der Waals surface area contributed by atoms with Gasteiger partial charge in [-0.2, -0.15) is 0 Å². The molecule has 2 unspecified atom stereocenters. The fraction of sp³-hybridized carbons (Fsp3) is 0.417. The maximum absolute atomic E-state index is 10.7. The predicted molar refractivity (Wildman–Crippen MR) is 64.7 cm³/mol. The van der Waals surface area contributed by atoms with Crippen LogP contribution in [0.3, 0.4) is 0 Å². The number of ether oxygens (including phenoxy) is 3. The van der Waals surface area contributed by atoms with Crippen molar-refractivity contribution in [2.45, 2.75) is 12.2 Å². The molecule has 0 saturated carbocycles. The molecule has 0 saturated heterocycles. The molecule has 19 heavy (non-hydrogen) atoms. The second-order valence-electron chi connectivity index (χ2n) is 3.68. The molecule has 7 nitrogen and oxygen atoms in total. The smallest absolute Gasteiger partial charge is 0.335 e. The fourth-order valence-corrected chi connectivity index (χ4v) is 1.59. The van der Waals surface area contributed by atoms with Crippen LogP contribution in [-0.2, 0) is 4.79 Å². The number of carbonyl (C=O) groups is 1. The normalized spacial score (nSPS) is 13.5. The average molecular weight is 272 g/mol. The molecule has 7 heteroatoms. The zero-order valence-electron chi connectivity index (χ0n) is 10.8. The Labute approximate surface area is 110 Å². The molecule has 1 aromatic carbocycles. The van der Waals surface area contributed by atoms with E-state index in [4.69, 9.17) is 19.3 Å². The minimum Gasteiger partial charge on any atom is -0.496 e. The van der Waals surface area contributed by atoms with E-state index in [-0.39, 0.29) is 17.1 Å². The van der Waals surface area contributed by atoms with E-state index in [1.165, 1.54) is 33.5 Å². The van der Waals surface area contributed by atoms with Gasteiger partial charge in [-0.15, -0.1) is 0 Å². The Bertz CT molecular complexity index is 458. The molecular formula is C12H16O7. The first kappa shape index (κ1) is 15.1. The Balaban J connectivity index is 3.29. The van der Waals surface area contributed by atoms with Gasteiger partial charge >= 0.3 is 5.97 Å². The summed E-state index contributed by atoms with van der Waals surface area (Å²) in [6.45, 7) is 0. The van der Waals surface area contributed by atoms with Crippen LogP contribution in [0.1, 0.15) is 11.7 Å². The average Bonchev–Trinajstić information content (AvgIpc) is 2.43. The topological polar surface area (TPSA) is 105 Å². The van der Waals surface area contributed by atoms with Crippen LogP contribution in [0.25, 0.3) is 0 Å². The molecule has 0 aliphatic heterocycles. The van der Waals surface area contributed by atoms with Gasteiger partial charge < -0.3 is 29.5 Å². The molecule has 0 bridgehead atoms. The van der Waals surface area contributed by atoms with Crippen LogP contribution in [0.2, 0.25) is 0 Å². The summed E-state index contributed by atoms with van der Waals surface area (Å²) in [5.74, 6) is -0.704. The number of aliphatic hydroxyl groups excluding tert-OH is 2. The SMILES string of the molecule is COc1cc(OC)c(C(O)C(O)C(=O)O)cc1OC. The van der Waals surface area contributed by atoms with Crippen molar-refractivity contribution in [2.75, 3.05) is 21.3 Å². The predicted octanol–water partition coefficient (Wildman–Crippen LogP) is 0.191. The van der Waals surface area contributed by atoms with Crippen molar-refractivity contribution >= 4 is 5.97 Å². The van der Waals surface area contributed by atoms with Gasteiger partial charge in [0.15, 0.2) is 17.6 Å². The van der Waals surface area contributed by atoms with Crippen molar-refractivity contribution in [3.05, 3.63) is 17.7 Å². The summed E-state index contributed by atoms with van der Waals surface area (Å²) < 4.78 is 15.1. The number of aliphatic hydroxyl groups is 2. The number of methoxy groups -OCH3 is 3. The van der Waals surface area contributed by atoms with Gasteiger partial charge in [0.1, 0.15) is 11.9 Å². The number of hydrogen-bond acceptors (Lipinski definition) is 6. The summed E-state index contributed by atoms with van der Waals surface area (Å²) in [4.78, 5) is 10.7. The Morgan fingerprint density at radius 2 is 1.47 bits per heavy atom. The van der Waals surface area contributed by atoms with Crippen molar-refractivity contribution in [1.82, 2.24) is 0 Å². The Morgan fingerprint density at radius 1 is 1.00 bits per heavy atom. The van der Waals surface area contributed by atoms with Crippen molar-refractivity contribution in [1.29, 1.82) is 0 Å². The van der Waals surface area contributed by atoms with Gasteiger partial charge in [-0.3, -0.25) is 0 Å². The highest BCUT2D eigenvalue weighted by Gasteiger charge is 2.29. The fourth-order valence-electron chi connectivity index (χ4n) is 1.59. The lowest BCUT2D eigenvalue weighted by molar-refractivity contribution is -0.153. The quantitative estimate of drug-likeness (QED) is 0.678. The van der Waals surface area contributed by atoms with E-state index >= 15 is 0 Å². The van der Waals surface area contributed by atoms with E-state index in [0.29, 0.717) is 5.75 Å². The monoisotopic (exact) mass is 272 g/mol. The van der Waals surface area contributed by atoms with Crippen LogP contribution in [0, 0.1) is 0 Å². The second-order valence-corrected chi connectivity index (χ2v) is 3.68. The van der Waals surface area contributed by atoms with Gasteiger partial charge in [-0.25, -0.2) is 4.79 Å². The van der Waals surface area contributed by atoms with Gasteiger partial charge in [-0.1, -0.05) is 0 Å². The van der Waals surface area contributed by atoms with Crippen molar-refractivity contribution in [3.63, 3.8) is 0 Å². The van der Waals surface area contributed by atoms with Gasteiger partial charge in [0.05, 0.1) is 21.3 Å². The lowest BCUT2D eigenvalue weighted by Crippen LogP contribution is -2.27. The number of carboxylic acid groups (broad SMARTS) is 1. The lowest BCUT2D eigenvalue weighted by atomic mass is 10.0. The molecule has 0 heterocycles. The van der Waals surface area contributed by atoms with Gasteiger partial charge in [-0.05, 0) is 6.07 Å². The molecule has 0 radical (unpaired) electrons. The Kier molecular flexibility index (Phi) is 4.96. The standard InChI is InChI=1S/C12H16O7/c1-17-7-5-9(19-3)8(18-2)4-6(7)10(13)11(14)12(15)16/h4-5,10-11,13-14H,1-3H3,(H,15,16). The molecule has 0 aromatic heterocycles. The van der Waals surface area contributed by atoms with Crippen LogP contribution < -0.4 is 14.2 Å². The van der Waals surface area contributed by atoms with Crippen molar-refractivity contribution in [2.24, 2.45) is 0 Å². The molecule has 2 atom stereocenters. The highest BCUT2D eigenvalue weighted by molar-refractivity contribution is 5.73. The third-order valence-corrected chi connectivity index (χ3v) is 2.61. The van der Waals surface area contributed by atoms with E-state index in [1.807, 2.05) is 0 Å². The van der Waals surface area contributed by atoms with Crippen molar-refractivity contribution < 1.29 is 34.3 Å². The number of aliphatic carboxylic acids is 1. The molecule has 0 amide bonds. The van der Waals surface area contributed by atoms with Crippen molar-refractivity contribution in [3.8, 4) is 17.2 Å². The van der Waals surface area contributed by atoms with E-state index < -0.39 is 18.2 Å². The third-order valence-electron chi connectivity index (χ3n) is 2.61. The molecule has 0 aliphatic carbocycles. The highest BCUT2D eigenvalue weighted by Crippen LogP contribution is 2.38. The molecule has 3 N–H and O–H groups in total. The molecule has 0 aliphatic rings. The summed E-state index contributed by atoms with van der Waals surface area (Å²) in [6, 6.07) is 2.79. The van der Waals surface area contributed by atoms with E-state index in [0.717, 1.165) is 0 Å². The molecule has 1 aromatic rings. The minimum absolute atomic E-state index is 0.0926. The molecule has 0 spiro atoms. The summed E-state index contributed by atoms with van der Waals surface area (Å²) in [7, 11) is 4.18. The lowest BCUT2D eigenvalue weighted by Gasteiger charge is -2.19. The highest BCUT2D eigenvalue weighted by atomic mass is 16.5. The summed E-state index contributed by atoms with van der Waals surface area (Å²) in [6.07, 6.45) is -3.61. The van der Waals surface area contributed by atoms with E-state index in [9.17, 15) is 15.0 Å². The summed E-state index contributed by atoms with van der Waals surface area (Å²) in [5, 5.41) is 27.9. The van der Waals surface area contributed by atoms with Gasteiger partial charge in [0.2, 0.25) is 0 Å². The molecule has 106 valence electrons. The third kappa shape index (κ3) is 3.07. The first-order valence-corrected chi connectivity index (χ1v) is 5.35. The number of rotatable bonds is 6. The first-order valence-electron chi connectivity index (χ1n) is 5.35. The number of hydrogen-bond donors (Lipinski definition) is 3. The van der Waals surface area contributed by atoms with Crippen LogP contribution in [-0.4, -0.2) is 48.7 Å². The molecule has 1 rings (SSSR count). The first-order chi connectivity index (χ1) is 8.96. The minimum atomic E-state index is -1.97. The Hall–Kier alpha value is -1.99. The van der Waals surface area contributed by atoms with Crippen LogP contribution in [0.5, 0.6) is 17.2 Å². The van der Waals surface area contributed by atoms with Crippen LogP contribution in [0.4, 0.5) is 0 Å². The molecular weight excluding hydrogens is 256 g/mol. The largest absolute Gasteiger partial charge is 0.496 e. The van der Waals surface area contributed by atoms with Gasteiger partial charge in [0.25, 0.3) is 0 Å². The maximum atomic E-state index is 10.7. The molecule has 0 fully saturated rings. The van der Waals surface area contributed by atoms with Gasteiger partial charge in [0, 0.05) is 11.6 Å². The number of benzene rings is 1. The van der Waals surface area contributed by atoms with Crippen LogP contribution >= 0.6 is 0 Å². The van der Waals surface area contributed by atoms with E-state index in [2.05, 4.69) is 0 Å². The zero-order chi connectivity index (χ0) is 14.6. The summed E-state index contributed by atoms with van der Waals surface area (Å²) >= 11 is 0. The number of carboxylic acids is 1. The second kappa shape index (κ2) is 6.26. The van der Waals surface area contributed by atoms with Crippen LogP contribution in [0.15, 0.2) is 12.1 Å². The summed E-state index contributed by atoms with van der Waals surface area (Å²) in [5.41, 5.74) is 0.0926. The van der Waals surface area contributed by atoms with E-state index in [1.54, 1.807) is 0 Å². The zero-order valence-corrected chi connectivity index (χ0v) is 10.8. The maximum Gasteiger partial charge on any atom is 0.335 e.